The van der Waals surface area contributed by atoms with Crippen molar-refractivity contribution in [1.82, 2.24) is 10.2 Å². The highest BCUT2D eigenvalue weighted by Crippen LogP contribution is 2.36. The molecule has 1 aliphatic carbocycles. The third-order valence-electron chi connectivity index (χ3n) is 8.66. The fourth-order valence-electron chi connectivity index (χ4n) is 5.98. The summed E-state index contributed by atoms with van der Waals surface area (Å²) in [6.07, 6.45) is 3.84. The highest BCUT2D eigenvalue weighted by Gasteiger charge is 2.37. The van der Waals surface area contributed by atoms with Crippen LogP contribution in [0.2, 0.25) is 15.1 Å². The molecule has 0 unspecified atom stereocenters. The second-order valence-corrected chi connectivity index (χ2v) is 15.2. The number of carbonyl (C=O) groups is 2. The first-order valence-electron chi connectivity index (χ1n) is 16.0. The number of ether oxygens (including phenoxy) is 1. The van der Waals surface area contributed by atoms with Crippen LogP contribution in [0.4, 0.5) is 5.69 Å². The number of nitrogens with zero attached hydrogens (tertiary/aromatic N) is 2. The van der Waals surface area contributed by atoms with Gasteiger partial charge < -0.3 is 15.0 Å². The SMILES string of the molecule is COc1ccc(Cl)cc1N(CC(=O)N(Cc1c(Cl)cccc1Cl)[C@H](Cc1ccccc1)C(=O)NC1CCCC1)S(=O)(=O)c1ccc(C)cc1. The molecule has 1 aliphatic rings. The van der Waals surface area contributed by atoms with Crippen LogP contribution in [-0.4, -0.2) is 50.9 Å². The van der Waals surface area contributed by atoms with Crippen LogP contribution < -0.4 is 14.4 Å². The molecule has 0 radical (unpaired) electrons. The minimum Gasteiger partial charge on any atom is -0.495 e. The number of carbonyl (C=O) groups excluding carboxylic acids is 2. The second-order valence-electron chi connectivity index (χ2n) is 12.1. The van der Waals surface area contributed by atoms with Crippen molar-refractivity contribution in [3.05, 3.63) is 123 Å². The van der Waals surface area contributed by atoms with E-state index < -0.39 is 28.5 Å². The van der Waals surface area contributed by atoms with E-state index in [1.165, 1.54) is 36.3 Å². The van der Waals surface area contributed by atoms with Crippen molar-refractivity contribution in [2.75, 3.05) is 18.0 Å². The minimum absolute atomic E-state index is 0.0271. The standard InChI is InChI=1S/C37H38Cl3N3O5S/c1-25-15-18-29(19-16-25)49(46,47)43(33-22-27(38)17-20-35(33)48-2)24-36(44)42(23-30-31(39)13-8-14-32(30)40)34(21-26-9-4-3-5-10-26)37(45)41-28-11-6-7-12-28/h3-5,8-10,13-20,22,28,34H,6-7,11-12,21,23-24H2,1-2H3,(H,41,45)/t34-/m1/s1. The fourth-order valence-corrected chi connectivity index (χ4v) is 8.08. The Morgan fingerprint density at radius 3 is 2.18 bits per heavy atom. The summed E-state index contributed by atoms with van der Waals surface area (Å²) in [6.45, 7) is 1.01. The third kappa shape index (κ3) is 8.89. The Morgan fingerprint density at radius 1 is 0.898 bits per heavy atom. The molecule has 1 fully saturated rings. The van der Waals surface area contributed by atoms with Crippen molar-refractivity contribution in [3.8, 4) is 5.75 Å². The summed E-state index contributed by atoms with van der Waals surface area (Å²) < 4.78 is 35.3. The maximum absolute atomic E-state index is 14.8. The Bertz CT molecular complexity index is 1870. The molecular weight excluding hydrogens is 705 g/mol. The van der Waals surface area contributed by atoms with E-state index >= 15 is 0 Å². The second kappa shape index (κ2) is 16.3. The first kappa shape index (κ1) is 36.5. The van der Waals surface area contributed by atoms with Gasteiger partial charge in [-0.05, 0) is 67.8 Å². The lowest BCUT2D eigenvalue weighted by molar-refractivity contribution is -0.140. The van der Waals surface area contributed by atoms with Crippen LogP contribution in [0.15, 0.2) is 95.9 Å². The average Bonchev–Trinajstić information content (AvgIpc) is 3.60. The average molecular weight is 743 g/mol. The lowest BCUT2D eigenvalue weighted by atomic mass is 10.0. The van der Waals surface area contributed by atoms with E-state index in [1.807, 2.05) is 37.3 Å². The number of halogens is 3. The summed E-state index contributed by atoms with van der Waals surface area (Å²) in [6, 6.07) is 24.1. The van der Waals surface area contributed by atoms with Crippen LogP contribution in [0.5, 0.6) is 5.75 Å². The molecule has 0 aliphatic heterocycles. The Morgan fingerprint density at radius 2 is 1.55 bits per heavy atom. The van der Waals surface area contributed by atoms with Crippen molar-refractivity contribution in [3.63, 3.8) is 0 Å². The molecule has 49 heavy (non-hydrogen) atoms. The van der Waals surface area contributed by atoms with E-state index in [9.17, 15) is 18.0 Å². The molecule has 8 nitrogen and oxygen atoms in total. The van der Waals surface area contributed by atoms with E-state index in [0.717, 1.165) is 41.1 Å². The third-order valence-corrected chi connectivity index (χ3v) is 11.4. The van der Waals surface area contributed by atoms with Gasteiger partial charge in [0.05, 0.1) is 17.7 Å². The molecule has 258 valence electrons. The predicted molar refractivity (Wildman–Crippen MR) is 195 cm³/mol. The maximum atomic E-state index is 14.8. The summed E-state index contributed by atoms with van der Waals surface area (Å²) in [4.78, 5) is 30.4. The van der Waals surface area contributed by atoms with Gasteiger partial charge in [-0.3, -0.25) is 13.9 Å². The minimum atomic E-state index is -4.37. The molecule has 12 heteroatoms. The van der Waals surface area contributed by atoms with Gasteiger partial charge in [0, 0.05) is 39.6 Å². The number of sulfonamides is 1. The van der Waals surface area contributed by atoms with Crippen LogP contribution in [0, 0.1) is 6.92 Å². The van der Waals surface area contributed by atoms with E-state index in [-0.39, 0.29) is 46.3 Å². The number of hydrogen-bond acceptors (Lipinski definition) is 5. The van der Waals surface area contributed by atoms with Gasteiger partial charge in [-0.25, -0.2) is 8.42 Å². The summed E-state index contributed by atoms with van der Waals surface area (Å²) in [7, 11) is -2.96. The molecule has 0 saturated heterocycles. The number of rotatable bonds is 13. The molecule has 1 N–H and O–H groups in total. The lowest BCUT2D eigenvalue weighted by Gasteiger charge is -2.35. The van der Waals surface area contributed by atoms with E-state index in [1.54, 1.807) is 36.4 Å². The summed E-state index contributed by atoms with van der Waals surface area (Å²) >= 11 is 19.6. The highest BCUT2D eigenvalue weighted by atomic mass is 35.5. The van der Waals surface area contributed by atoms with Crippen LogP contribution in [0.1, 0.15) is 42.4 Å². The monoisotopic (exact) mass is 741 g/mol. The smallest absolute Gasteiger partial charge is 0.264 e. The number of hydrogen-bond donors (Lipinski definition) is 1. The van der Waals surface area contributed by atoms with Gasteiger partial charge in [0.25, 0.3) is 10.0 Å². The summed E-state index contributed by atoms with van der Waals surface area (Å²) in [5.74, 6) is -0.815. The highest BCUT2D eigenvalue weighted by molar-refractivity contribution is 7.92. The van der Waals surface area contributed by atoms with Crippen molar-refractivity contribution in [1.29, 1.82) is 0 Å². The lowest BCUT2D eigenvalue weighted by Crippen LogP contribution is -2.54. The molecular formula is C37H38Cl3N3O5S. The van der Waals surface area contributed by atoms with E-state index in [2.05, 4.69) is 5.32 Å². The van der Waals surface area contributed by atoms with Gasteiger partial charge in [-0.15, -0.1) is 0 Å². The summed E-state index contributed by atoms with van der Waals surface area (Å²) in [5, 5.41) is 4.01. The van der Waals surface area contributed by atoms with Crippen LogP contribution >= 0.6 is 34.8 Å². The van der Waals surface area contributed by atoms with Gasteiger partial charge in [0.15, 0.2) is 0 Å². The number of nitrogens with one attached hydrogen (secondary N) is 1. The quantitative estimate of drug-likeness (QED) is 0.151. The molecule has 4 aromatic carbocycles. The Balaban J connectivity index is 1.63. The van der Waals surface area contributed by atoms with Gasteiger partial charge in [0.2, 0.25) is 11.8 Å². The zero-order chi connectivity index (χ0) is 35.1. The Labute approximate surface area is 303 Å². The number of methoxy groups -OCH3 is 1. The zero-order valence-corrected chi connectivity index (χ0v) is 30.3. The van der Waals surface area contributed by atoms with Crippen molar-refractivity contribution < 1.29 is 22.7 Å². The van der Waals surface area contributed by atoms with Crippen molar-refractivity contribution in [2.45, 2.75) is 62.6 Å². The largest absolute Gasteiger partial charge is 0.495 e. The van der Waals surface area contributed by atoms with Gasteiger partial charge in [-0.2, -0.15) is 0 Å². The molecule has 1 atom stereocenters. The molecule has 1 saturated carbocycles. The van der Waals surface area contributed by atoms with Crippen molar-refractivity contribution >= 4 is 62.3 Å². The fraction of sp³-hybridized carbons (Fsp3) is 0.297. The first-order chi connectivity index (χ1) is 23.5. The van der Waals surface area contributed by atoms with Crippen LogP contribution in [0.25, 0.3) is 0 Å². The van der Waals surface area contributed by atoms with E-state index in [0.29, 0.717) is 15.6 Å². The van der Waals surface area contributed by atoms with Crippen molar-refractivity contribution in [2.24, 2.45) is 0 Å². The normalized spacial score (nSPS) is 13.9. The number of aryl methyl sites for hydroxylation is 1. The first-order valence-corrected chi connectivity index (χ1v) is 18.5. The van der Waals surface area contributed by atoms with Gasteiger partial charge >= 0.3 is 0 Å². The maximum Gasteiger partial charge on any atom is 0.264 e. The van der Waals surface area contributed by atoms with Crippen LogP contribution in [-0.2, 0) is 32.6 Å². The predicted octanol–water partition coefficient (Wildman–Crippen LogP) is 7.86. The molecule has 0 aromatic heterocycles. The summed E-state index contributed by atoms with van der Waals surface area (Å²) in [5.41, 5.74) is 2.17. The van der Waals surface area contributed by atoms with Gasteiger partial charge in [-0.1, -0.05) is 102 Å². The number of amides is 2. The van der Waals surface area contributed by atoms with Gasteiger partial charge in [0.1, 0.15) is 18.3 Å². The van der Waals surface area contributed by atoms with E-state index in [4.69, 9.17) is 39.5 Å². The number of benzene rings is 4. The molecule has 0 heterocycles. The van der Waals surface area contributed by atoms with Crippen LogP contribution in [0.3, 0.4) is 0 Å². The Kier molecular flexibility index (Phi) is 12.1. The zero-order valence-electron chi connectivity index (χ0n) is 27.2. The molecule has 0 bridgehead atoms. The molecule has 2 amide bonds. The molecule has 0 spiro atoms. The topological polar surface area (TPSA) is 96.0 Å². The number of anilines is 1. The Hall–Kier alpha value is -3.76. The molecule has 4 aromatic rings. The molecule has 5 rings (SSSR count).